The number of nitriles is 1. The van der Waals surface area contributed by atoms with Crippen molar-refractivity contribution in [3.63, 3.8) is 0 Å². The van der Waals surface area contributed by atoms with Gasteiger partial charge in [-0.05, 0) is 79.0 Å². The summed E-state index contributed by atoms with van der Waals surface area (Å²) in [5.41, 5.74) is 11.1. The Morgan fingerprint density at radius 2 is 1.82 bits per heavy atom. The molecule has 5 rings (SSSR count). The van der Waals surface area contributed by atoms with Gasteiger partial charge < -0.3 is 10.5 Å². The van der Waals surface area contributed by atoms with Crippen LogP contribution in [0.1, 0.15) is 50.3 Å². The van der Waals surface area contributed by atoms with Crippen LogP contribution in [0.25, 0.3) is 11.1 Å². The van der Waals surface area contributed by atoms with Gasteiger partial charge in [0.25, 0.3) is 0 Å². The summed E-state index contributed by atoms with van der Waals surface area (Å²) in [7, 11) is 1.82. The quantitative estimate of drug-likeness (QED) is 0.643. The molecule has 6 heteroatoms. The predicted octanol–water partition coefficient (Wildman–Crippen LogP) is 5.49. The van der Waals surface area contributed by atoms with Crippen LogP contribution in [0.15, 0.2) is 46.4 Å². The van der Waals surface area contributed by atoms with E-state index < -0.39 is 5.66 Å². The first-order valence-corrected chi connectivity index (χ1v) is 11.9. The SMILES string of the molecule is COC1[C@H](C)CC2(Cc3ccc(-c4cc(Cl)cc(C#N)c4)cc3[C@@]23N=C(C)C(N)=N3)C[C@@H]1C. The van der Waals surface area contributed by atoms with E-state index in [1.807, 2.05) is 26.2 Å². The Labute approximate surface area is 200 Å². The highest BCUT2D eigenvalue weighted by Gasteiger charge is 2.62. The highest BCUT2D eigenvalue weighted by Crippen LogP contribution is 2.63. The lowest BCUT2D eigenvalue weighted by molar-refractivity contribution is -0.0729. The average molecular weight is 461 g/mol. The first kappa shape index (κ1) is 22.1. The van der Waals surface area contributed by atoms with Gasteiger partial charge in [-0.2, -0.15) is 5.26 Å². The number of ether oxygens (including phenoxy) is 1. The number of hydrogen-bond acceptors (Lipinski definition) is 5. The molecule has 0 aromatic heterocycles. The Balaban J connectivity index is 1.68. The highest BCUT2D eigenvalue weighted by molar-refractivity contribution is 6.41. The first-order chi connectivity index (χ1) is 15.7. The number of fused-ring (bicyclic) bond motifs is 3. The molecular weight excluding hydrogens is 432 g/mol. The molecule has 5 atom stereocenters. The van der Waals surface area contributed by atoms with Crippen molar-refractivity contribution in [2.75, 3.05) is 7.11 Å². The van der Waals surface area contributed by atoms with E-state index in [0.29, 0.717) is 28.3 Å². The van der Waals surface area contributed by atoms with Crippen molar-refractivity contribution >= 4 is 23.1 Å². The maximum absolute atomic E-state index is 9.40. The Morgan fingerprint density at radius 1 is 1.09 bits per heavy atom. The number of rotatable bonds is 2. The molecule has 1 heterocycles. The smallest absolute Gasteiger partial charge is 0.184 e. The van der Waals surface area contributed by atoms with Gasteiger partial charge in [0, 0.05) is 23.1 Å². The van der Waals surface area contributed by atoms with Crippen LogP contribution in [0.4, 0.5) is 0 Å². The van der Waals surface area contributed by atoms with E-state index in [1.165, 1.54) is 5.56 Å². The second-order valence-electron chi connectivity index (χ2n) is 10.1. The first-order valence-electron chi connectivity index (χ1n) is 11.5. The molecule has 2 unspecified atom stereocenters. The number of methoxy groups -OCH3 is 1. The zero-order valence-electron chi connectivity index (χ0n) is 19.5. The summed E-state index contributed by atoms with van der Waals surface area (Å²) in [5.74, 6) is 1.31. The molecule has 0 saturated heterocycles. The molecule has 0 bridgehead atoms. The fourth-order valence-corrected chi connectivity index (χ4v) is 7.00. The molecule has 0 amide bonds. The lowest BCUT2D eigenvalue weighted by atomic mass is 9.59. The number of nitrogens with two attached hydrogens (primary N) is 1. The molecule has 2 aromatic rings. The molecule has 2 spiro atoms. The lowest BCUT2D eigenvalue weighted by Gasteiger charge is -2.49. The second kappa shape index (κ2) is 7.68. The Kier molecular flexibility index (Phi) is 5.15. The summed E-state index contributed by atoms with van der Waals surface area (Å²) in [4.78, 5) is 10.3. The van der Waals surface area contributed by atoms with Gasteiger partial charge in [-0.15, -0.1) is 0 Å². The minimum atomic E-state index is -0.718. The Morgan fingerprint density at radius 3 is 2.42 bits per heavy atom. The van der Waals surface area contributed by atoms with Gasteiger partial charge in [-0.25, -0.2) is 4.99 Å². The van der Waals surface area contributed by atoms with Gasteiger partial charge in [-0.1, -0.05) is 37.6 Å². The van der Waals surface area contributed by atoms with Crippen molar-refractivity contribution in [1.29, 1.82) is 5.26 Å². The van der Waals surface area contributed by atoms with E-state index in [-0.39, 0.29) is 11.5 Å². The standard InChI is InChI=1S/C27H29ClN4O/c1-15-11-26(12-16(2)24(15)33-4)13-20-6-5-19(21-7-18(14-29)8-22(28)9-21)10-23(20)27(26)31-17(3)25(30)32-27/h5-10,15-16,24H,11-13H2,1-4H3,(H2,30,32)/t15-,16+,24?,26?,27-/m0/s1. The molecule has 1 aliphatic heterocycles. The number of nitrogens with zero attached hydrogens (tertiary/aromatic N) is 3. The van der Waals surface area contributed by atoms with Crippen molar-refractivity contribution in [2.45, 2.75) is 51.8 Å². The molecule has 2 N–H and O–H groups in total. The van der Waals surface area contributed by atoms with Gasteiger partial charge in [-0.3, -0.25) is 4.99 Å². The van der Waals surface area contributed by atoms with Crippen molar-refractivity contribution in [3.8, 4) is 17.2 Å². The van der Waals surface area contributed by atoms with Crippen LogP contribution >= 0.6 is 11.6 Å². The normalized spacial score (nSPS) is 32.5. The van der Waals surface area contributed by atoms with Crippen LogP contribution in [0, 0.1) is 28.6 Å². The highest BCUT2D eigenvalue weighted by atomic mass is 35.5. The molecule has 0 radical (unpaired) electrons. The minimum absolute atomic E-state index is 0.143. The third-order valence-corrected chi connectivity index (χ3v) is 8.13. The summed E-state index contributed by atoms with van der Waals surface area (Å²) in [6.07, 6.45) is 3.10. The zero-order valence-corrected chi connectivity index (χ0v) is 20.3. The van der Waals surface area contributed by atoms with Crippen LogP contribution in [-0.4, -0.2) is 24.8 Å². The molecule has 2 aliphatic carbocycles. The van der Waals surface area contributed by atoms with Gasteiger partial charge in [0.2, 0.25) is 0 Å². The molecule has 5 nitrogen and oxygen atoms in total. The van der Waals surface area contributed by atoms with Gasteiger partial charge in [0.15, 0.2) is 5.66 Å². The number of benzene rings is 2. The van der Waals surface area contributed by atoms with Crippen LogP contribution in [0.3, 0.4) is 0 Å². The third-order valence-electron chi connectivity index (χ3n) is 7.92. The van der Waals surface area contributed by atoms with E-state index in [1.54, 1.807) is 6.07 Å². The van der Waals surface area contributed by atoms with E-state index >= 15 is 0 Å². The second-order valence-corrected chi connectivity index (χ2v) is 10.5. The largest absolute Gasteiger partial charge is 0.382 e. The van der Waals surface area contributed by atoms with Crippen molar-refractivity contribution < 1.29 is 4.74 Å². The van der Waals surface area contributed by atoms with Crippen molar-refractivity contribution in [3.05, 3.63) is 58.1 Å². The summed E-state index contributed by atoms with van der Waals surface area (Å²) < 4.78 is 5.86. The summed E-state index contributed by atoms with van der Waals surface area (Å²) in [5, 5.41) is 9.95. The number of aliphatic imine (C=N–C) groups is 2. The molecule has 1 saturated carbocycles. The van der Waals surface area contributed by atoms with Crippen molar-refractivity contribution in [1.82, 2.24) is 0 Å². The average Bonchev–Trinajstić information content (AvgIpc) is 3.20. The van der Waals surface area contributed by atoms with E-state index in [0.717, 1.165) is 41.7 Å². The number of amidine groups is 1. The summed E-state index contributed by atoms with van der Waals surface area (Å²) >= 11 is 6.31. The fourth-order valence-electron chi connectivity index (χ4n) is 6.77. The topological polar surface area (TPSA) is 83.8 Å². The Hall–Kier alpha value is -2.68. The van der Waals surface area contributed by atoms with Gasteiger partial charge >= 0.3 is 0 Å². The summed E-state index contributed by atoms with van der Waals surface area (Å²) in [6, 6.07) is 14.2. The van der Waals surface area contributed by atoms with E-state index in [2.05, 4.69) is 38.1 Å². The number of hydrogen-bond donors (Lipinski definition) is 1. The van der Waals surface area contributed by atoms with Gasteiger partial charge in [0.1, 0.15) is 5.84 Å². The molecule has 170 valence electrons. The predicted molar refractivity (Wildman–Crippen MR) is 133 cm³/mol. The monoisotopic (exact) mass is 460 g/mol. The van der Waals surface area contributed by atoms with Crippen LogP contribution in [0.5, 0.6) is 0 Å². The molecule has 33 heavy (non-hydrogen) atoms. The van der Waals surface area contributed by atoms with Crippen LogP contribution in [-0.2, 0) is 16.8 Å². The van der Waals surface area contributed by atoms with E-state index in [4.69, 9.17) is 32.1 Å². The molecule has 1 fully saturated rings. The van der Waals surface area contributed by atoms with Gasteiger partial charge in [0.05, 0.1) is 23.4 Å². The van der Waals surface area contributed by atoms with Crippen LogP contribution < -0.4 is 5.73 Å². The minimum Gasteiger partial charge on any atom is -0.382 e. The van der Waals surface area contributed by atoms with E-state index in [9.17, 15) is 5.26 Å². The Bertz CT molecular complexity index is 1210. The van der Waals surface area contributed by atoms with Crippen molar-refractivity contribution in [2.24, 2.45) is 33.0 Å². The zero-order chi connectivity index (χ0) is 23.5. The van der Waals surface area contributed by atoms with Crippen LogP contribution in [0.2, 0.25) is 5.02 Å². The maximum atomic E-state index is 9.40. The number of halogens is 1. The summed E-state index contributed by atoms with van der Waals surface area (Å²) in [6.45, 7) is 6.51. The third kappa shape index (κ3) is 3.23. The molecule has 3 aliphatic rings. The molecule has 2 aromatic carbocycles. The lowest BCUT2D eigenvalue weighted by Crippen LogP contribution is -2.49. The fraction of sp³-hybridized carbons (Fsp3) is 0.444. The molecular formula is C27H29ClN4O. The maximum Gasteiger partial charge on any atom is 0.184 e.